The molecule has 4 aliphatic heterocycles. The van der Waals surface area contributed by atoms with E-state index in [1.165, 1.54) is 0 Å². The van der Waals surface area contributed by atoms with Crippen molar-refractivity contribution in [2.24, 2.45) is 27.4 Å². The maximum absolute atomic E-state index is 7.13. The number of aromatic amines is 1. The zero-order valence-electron chi connectivity index (χ0n) is 30.6. The van der Waals surface area contributed by atoms with Crippen LogP contribution in [0.3, 0.4) is 0 Å². The average Bonchev–Trinajstić information content (AvgIpc) is 3.87. The predicted octanol–water partition coefficient (Wildman–Crippen LogP) is 5.99. The first-order valence-corrected chi connectivity index (χ1v) is 18.1. The monoisotopic (exact) mass is 690 g/mol. The molecule has 0 amide bonds. The number of fused-ring (bicyclic) bond motifs is 6. The van der Waals surface area contributed by atoms with Gasteiger partial charge in [-0.1, -0.05) is 62.1 Å². The van der Waals surface area contributed by atoms with E-state index in [0.29, 0.717) is 12.8 Å². The van der Waals surface area contributed by atoms with Gasteiger partial charge in [-0.05, 0) is 110 Å². The molecule has 0 saturated carbocycles. The fourth-order valence-electron chi connectivity index (χ4n) is 8.80. The van der Waals surface area contributed by atoms with Gasteiger partial charge in [0.1, 0.15) is 0 Å². The first kappa shape index (κ1) is 35.1. The summed E-state index contributed by atoms with van der Waals surface area (Å²) in [5.41, 5.74) is 21.1. The Morgan fingerprint density at radius 1 is 0.885 bits per heavy atom. The highest BCUT2D eigenvalue weighted by atomic mass is 15.1. The van der Waals surface area contributed by atoms with Gasteiger partial charge in [-0.2, -0.15) is 0 Å². The SMILES string of the molecule is C=CC1=C(C)C2(C=C)NC1(C)C=C1C=CC(=N1)C=c1ccc([nH]1)=CC1=NC(CC(N)Nc3ccccc3)(C(CC(N)Nc3ccccc3)=C1C)C2C. The van der Waals surface area contributed by atoms with Gasteiger partial charge < -0.3 is 27.1 Å². The van der Waals surface area contributed by atoms with Gasteiger partial charge in [0.05, 0.1) is 46.1 Å². The van der Waals surface area contributed by atoms with E-state index in [-0.39, 0.29) is 12.1 Å². The third kappa shape index (κ3) is 6.27. The fourth-order valence-corrected chi connectivity index (χ4v) is 8.80. The van der Waals surface area contributed by atoms with E-state index in [0.717, 1.165) is 61.5 Å². The molecular weight excluding hydrogens is 641 g/mol. The van der Waals surface area contributed by atoms with Crippen molar-refractivity contribution in [3.8, 4) is 0 Å². The molecule has 0 spiro atoms. The lowest BCUT2D eigenvalue weighted by Crippen LogP contribution is -2.60. The standard InChI is InChI=1S/C44H50N8/c1-7-37-29(4)43(8-2)30(5)44(27-41(46)50-32-17-13-10-14-18-32)38(25-40(45)49-31-15-11-9-12-16-31)28(3)39(51-44)24-35-20-19-33(47-35)23-34-21-22-36(48-34)26-42(37,6)52-43/h7-24,26,30,40-41,47,49-50,52H,1-2,25,27,45-46H2,3-6H3. The molecule has 0 radical (unpaired) electrons. The molecule has 0 saturated heterocycles. The predicted molar refractivity (Wildman–Crippen MR) is 218 cm³/mol. The van der Waals surface area contributed by atoms with Gasteiger partial charge in [0.15, 0.2) is 0 Å². The van der Waals surface area contributed by atoms with Crippen molar-refractivity contribution >= 4 is 35.0 Å². The van der Waals surface area contributed by atoms with E-state index in [2.05, 4.69) is 104 Å². The summed E-state index contributed by atoms with van der Waals surface area (Å²) < 4.78 is 0. The number of anilines is 2. The molecule has 1 aromatic heterocycles. The molecule has 2 aromatic carbocycles. The Hall–Kier alpha value is -5.28. The maximum Gasteiger partial charge on any atom is 0.0913 e. The second-order valence-electron chi connectivity index (χ2n) is 14.6. The minimum absolute atomic E-state index is 0.185. The summed E-state index contributed by atoms with van der Waals surface area (Å²) in [5.74, 6) is -0.185. The number of aromatic nitrogens is 1. The molecule has 7 rings (SSSR count). The van der Waals surface area contributed by atoms with Crippen LogP contribution < -0.4 is 38.1 Å². The number of nitrogens with zero attached hydrogens (tertiary/aromatic N) is 2. The van der Waals surface area contributed by atoms with Gasteiger partial charge in [0.25, 0.3) is 0 Å². The fraction of sp³-hybridized carbons (Fsp3) is 0.273. The van der Waals surface area contributed by atoms with Crippen LogP contribution in [0.2, 0.25) is 0 Å². The van der Waals surface area contributed by atoms with Crippen molar-refractivity contribution in [3.63, 3.8) is 0 Å². The van der Waals surface area contributed by atoms with E-state index < -0.39 is 22.8 Å². The Balaban J connectivity index is 1.45. The van der Waals surface area contributed by atoms with Gasteiger partial charge >= 0.3 is 0 Å². The Kier molecular flexibility index (Phi) is 9.25. The molecular formula is C44H50N8. The van der Waals surface area contributed by atoms with Crippen LogP contribution in [-0.4, -0.2) is 45.4 Å². The summed E-state index contributed by atoms with van der Waals surface area (Å²) in [5, 5.41) is 13.1. The van der Waals surface area contributed by atoms with Crippen LogP contribution >= 0.6 is 0 Å². The second kappa shape index (κ2) is 13.7. The summed E-state index contributed by atoms with van der Waals surface area (Å²) in [6.07, 6.45) is 14.7. The highest BCUT2D eigenvalue weighted by Crippen LogP contribution is 2.53. The molecule has 8 N–H and O–H groups in total. The number of hydrogen-bond donors (Lipinski definition) is 6. The van der Waals surface area contributed by atoms with E-state index in [9.17, 15) is 0 Å². The molecule has 6 unspecified atom stereocenters. The Morgan fingerprint density at radius 2 is 1.52 bits per heavy atom. The van der Waals surface area contributed by atoms with Crippen LogP contribution in [-0.2, 0) is 0 Å². The number of benzene rings is 2. The normalized spacial score (nSPS) is 27.6. The highest BCUT2D eigenvalue weighted by Gasteiger charge is 2.58. The largest absolute Gasteiger partial charge is 0.370 e. The minimum atomic E-state index is -0.808. The molecule has 6 atom stereocenters. The number of nitrogens with one attached hydrogen (secondary N) is 4. The molecule has 5 heterocycles. The van der Waals surface area contributed by atoms with E-state index in [1.54, 1.807) is 0 Å². The lowest BCUT2D eigenvalue weighted by atomic mass is 9.64. The summed E-state index contributed by atoms with van der Waals surface area (Å²) in [7, 11) is 0. The molecule has 4 aliphatic rings. The summed E-state index contributed by atoms with van der Waals surface area (Å²) in [6, 6.07) is 24.4. The molecule has 8 nitrogen and oxygen atoms in total. The van der Waals surface area contributed by atoms with Crippen molar-refractivity contribution in [1.29, 1.82) is 0 Å². The van der Waals surface area contributed by atoms with E-state index in [1.807, 2.05) is 72.8 Å². The summed E-state index contributed by atoms with van der Waals surface area (Å²) in [6.45, 7) is 17.6. The van der Waals surface area contributed by atoms with Crippen LogP contribution in [0.15, 0.2) is 154 Å². The third-order valence-corrected chi connectivity index (χ3v) is 11.3. The van der Waals surface area contributed by atoms with Gasteiger partial charge in [-0.25, -0.2) is 4.99 Å². The van der Waals surface area contributed by atoms with Crippen molar-refractivity contribution in [2.75, 3.05) is 10.6 Å². The number of para-hydroxylation sites is 2. The summed E-state index contributed by atoms with van der Waals surface area (Å²) >= 11 is 0. The van der Waals surface area contributed by atoms with Gasteiger partial charge in [0, 0.05) is 40.8 Å². The molecule has 3 aromatic rings. The van der Waals surface area contributed by atoms with Crippen molar-refractivity contribution < 1.29 is 0 Å². The van der Waals surface area contributed by atoms with Gasteiger partial charge in [-0.15, -0.1) is 6.58 Å². The smallest absolute Gasteiger partial charge is 0.0913 e. The molecule has 8 heteroatoms. The van der Waals surface area contributed by atoms with Crippen LogP contribution in [0.4, 0.5) is 11.4 Å². The number of aliphatic imine (C=N–C) groups is 2. The molecule has 0 fully saturated rings. The van der Waals surface area contributed by atoms with Gasteiger partial charge in [0.2, 0.25) is 0 Å². The topological polar surface area (TPSA) is 129 Å². The van der Waals surface area contributed by atoms with Crippen molar-refractivity contribution in [2.45, 2.75) is 69.5 Å². The third-order valence-electron chi connectivity index (χ3n) is 11.3. The molecule has 266 valence electrons. The average molecular weight is 691 g/mol. The van der Waals surface area contributed by atoms with Gasteiger partial charge in [-0.3, -0.25) is 10.3 Å². The molecule has 0 aliphatic carbocycles. The van der Waals surface area contributed by atoms with E-state index in [4.69, 9.17) is 21.5 Å². The quantitative estimate of drug-likeness (QED) is 0.115. The Morgan fingerprint density at radius 3 is 2.15 bits per heavy atom. The number of nitrogens with two attached hydrogens (primary N) is 2. The van der Waals surface area contributed by atoms with Crippen molar-refractivity contribution in [1.82, 2.24) is 10.3 Å². The van der Waals surface area contributed by atoms with Crippen LogP contribution in [0.1, 0.15) is 40.5 Å². The highest BCUT2D eigenvalue weighted by molar-refractivity contribution is 6.22. The Bertz CT molecular complexity index is 2200. The number of rotatable bonds is 10. The first-order valence-electron chi connectivity index (χ1n) is 18.1. The number of hydrogen-bond acceptors (Lipinski definition) is 7. The first-order chi connectivity index (χ1) is 25.0. The maximum atomic E-state index is 7.13. The van der Waals surface area contributed by atoms with E-state index >= 15 is 0 Å². The summed E-state index contributed by atoms with van der Waals surface area (Å²) in [4.78, 5) is 14.3. The minimum Gasteiger partial charge on any atom is -0.370 e. The zero-order valence-corrected chi connectivity index (χ0v) is 30.6. The second-order valence-corrected chi connectivity index (χ2v) is 14.6. The molecule has 52 heavy (non-hydrogen) atoms. The Labute approximate surface area is 307 Å². The van der Waals surface area contributed by atoms with Crippen LogP contribution in [0.5, 0.6) is 0 Å². The number of H-pyrrole nitrogens is 1. The van der Waals surface area contributed by atoms with Crippen molar-refractivity contribution in [3.05, 3.63) is 155 Å². The zero-order chi connectivity index (χ0) is 36.7. The number of allylic oxidation sites excluding steroid dienone is 3. The van der Waals surface area contributed by atoms with Crippen LogP contribution in [0, 0.1) is 5.92 Å². The lowest BCUT2D eigenvalue weighted by Gasteiger charge is -2.48. The van der Waals surface area contributed by atoms with Crippen LogP contribution in [0.25, 0.3) is 12.2 Å². The molecule has 8 bridgehead atoms. The lowest BCUT2D eigenvalue weighted by molar-refractivity contribution is 0.203.